The normalized spacial score (nSPS) is 10.2. The number of benzene rings is 2. The minimum atomic E-state index is 0.683. The van der Waals surface area contributed by atoms with Crippen molar-refractivity contribution in [1.82, 2.24) is 0 Å². The van der Waals surface area contributed by atoms with Crippen molar-refractivity contribution in [2.75, 3.05) is 7.11 Å². The van der Waals surface area contributed by atoms with Crippen molar-refractivity contribution < 1.29 is 4.74 Å². The third-order valence-electron chi connectivity index (χ3n) is 2.65. The topological polar surface area (TPSA) is 33.0 Å². The van der Waals surface area contributed by atoms with Crippen LogP contribution in [0.4, 0.5) is 0 Å². The molecule has 0 aliphatic heterocycles. The Morgan fingerprint density at radius 1 is 1.00 bits per heavy atom. The Bertz CT molecular complexity index is 591. The lowest BCUT2D eigenvalue weighted by molar-refractivity contribution is 0.415. The molecule has 0 fully saturated rings. The van der Waals surface area contributed by atoms with Gasteiger partial charge in [0.15, 0.2) is 0 Å². The van der Waals surface area contributed by atoms with Crippen molar-refractivity contribution in [2.24, 2.45) is 0 Å². The van der Waals surface area contributed by atoms with Gasteiger partial charge in [-0.25, -0.2) is 0 Å². The van der Waals surface area contributed by atoms with Crippen LogP contribution in [0.2, 0.25) is 0 Å². The maximum atomic E-state index is 8.98. The van der Waals surface area contributed by atoms with Gasteiger partial charge in [0.05, 0.1) is 18.7 Å². The molecule has 0 spiro atoms. The van der Waals surface area contributed by atoms with E-state index < -0.39 is 0 Å². The number of nitriles is 1. The van der Waals surface area contributed by atoms with Gasteiger partial charge in [-0.2, -0.15) is 5.26 Å². The highest BCUT2D eigenvalue weighted by Crippen LogP contribution is 2.15. The lowest BCUT2D eigenvalue weighted by Crippen LogP contribution is -1.82. The van der Waals surface area contributed by atoms with E-state index in [0.29, 0.717) is 5.56 Å². The lowest BCUT2D eigenvalue weighted by Gasteiger charge is -2.00. The van der Waals surface area contributed by atoms with Gasteiger partial charge in [0.1, 0.15) is 5.75 Å². The average Bonchev–Trinajstić information content (AvgIpc) is 2.46. The van der Waals surface area contributed by atoms with E-state index in [2.05, 4.69) is 6.07 Å². The summed E-state index contributed by atoms with van der Waals surface area (Å²) >= 11 is 0. The molecule has 0 bridgehead atoms. The number of ether oxygens (including phenoxy) is 1. The largest absolute Gasteiger partial charge is 0.497 e. The Kier molecular flexibility index (Phi) is 3.78. The summed E-state index contributed by atoms with van der Waals surface area (Å²) in [5.41, 5.74) is 2.68. The van der Waals surface area contributed by atoms with Gasteiger partial charge in [-0.05, 0) is 29.3 Å². The molecule has 2 aromatic carbocycles. The van der Waals surface area contributed by atoms with Crippen LogP contribution >= 0.6 is 0 Å². The Morgan fingerprint density at radius 2 is 1.72 bits per heavy atom. The van der Waals surface area contributed by atoms with E-state index in [1.54, 1.807) is 7.11 Å². The third kappa shape index (κ3) is 2.78. The van der Waals surface area contributed by atoms with Gasteiger partial charge in [0.25, 0.3) is 0 Å². The second kappa shape index (κ2) is 5.70. The molecule has 0 saturated carbocycles. The number of methoxy groups -OCH3 is 1. The van der Waals surface area contributed by atoms with Crippen LogP contribution in [0.5, 0.6) is 5.75 Å². The molecule has 0 heterocycles. The van der Waals surface area contributed by atoms with Crippen molar-refractivity contribution in [3.63, 3.8) is 0 Å². The summed E-state index contributed by atoms with van der Waals surface area (Å²) in [6, 6.07) is 17.5. The van der Waals surface area contributed by atoms with Crippen LogP contribution in [0.1, 0.15) is 16.7 Å². The minimum absolute atomic E-state index is 0.683. The zero-order valence-corrected chi connectivity index (χ0v) is 10.1. The second-order valence-electron chi connectivity index (χ2n) is 3.81. The summed E-state index contributed by atoms with van der Waals surface area (Å²) in [7, 11) is 1.65. The summed E-state index contributed by atoms with van der Waals surface area (Å²) in [6.45, 7) is 0. The standard InChI is InChI=1S/C16H13NO/c1-18-16-10-7-13(8-11-16)6-9-14-4-2-3-5-15(14)12-17/h2-11H,1H3/b9-6+. The molecule has 2 heteroatoms. The zero-order chi connectivity index (χ0) is 12.8. The van der Waals surface area contributed by atoms with Gasteiger partial charge >= 0.3 is 0 Å². The predicted octanol–water partition coefficient (Wildman–Crippen LogP) is 3.74. The number of rotatable bonds is 3. The highest BCUT2D eigenvalue weighted by molar-refractivity contribution is 5.72. The first-order chi connectivity index (χ1) is 8.83. The molecule has 0 aliphatic rings. The number of hydrogen-bond acceptors (Lipinski definition) is 2. The zero-order valence-electron chi connectivity index (χ0n) is 10.1. The molecule has 0 radical (unpaired) electrons. The first-order valence-corrected chi connectivity index (χ1v) is 5.65. The fourth-order valence-electron chi connectivity index (χ4n) is 1.65. The van der Waals surface area contributed by atoms with Crippen LogP contribution in [0, 0.1) is 11.3 Å². The van der Waals surface area contributed by atoms with E-state index in [9.17, 15) is 0 Å². The highest BCUT2D eigenvalue weighted by atomic mass is 16.5. The van der Waals surface area contributed by atoms with E-state index in [-0.39, 0.29) is 0 Å². The average molecular weight is 235 g/mol. The Labute approximate surface area is 107 Å². The summed E-state index contributed by atoms with van der Waals surface area (Å²) in [6.07, 6.45) is 3.93. The highest BCUT2D eigenvalue weighted by Gasteiger charge is 1.96. The van der Waals surface area contributed by atoms with Gasteiger partial charge in [-0.15, -0.1) is 0 Å². The monoisotopic (exact) mass is 235 g/mol. The fourth-order valence-corrected chi connectivity index (χ4v) is 1.65. The summed E-state index contributed by atoms with van der Waals surface area (Å²) in [5.74, 6) is 0.838. The molecule has 2 rings (SSSR count). The lowest BCUT2D eigenvalue weighted by atomic mass is 10.1. The Morgan fingerprint density at radius 3 is 2.39 bits per heavy atom. The molecule has 2 nitrogen and oxygen atoms in total. The quantitative estimate of drug-likeness (QED) is 0.759. The molecule has 0 atom stereocenters. The smallest absolute Gasteiger partial charge is 0.118 e. The van der Waals surface area contributed by atoms with Gasteiger partial charge in [0.2, 0.25) is 0 Å². The Balaban J connectivity index is 2.22. The van der Waals surface area contributed by atoms with E-state index in [0.717, 1.165) is 16.9 Å². The van der Waals surface area contributed by atoms with Crippen LogP contribution in [-0.4, -0.2) is 7.11 Å². The van der Waals surface area contributed by atoms with E-state index in [1.165, 1.54) is 0 Å². The molecule has 2 aromatic rings. The molecule has 0 N–H and O–H groups in total. The Hall–Kier alpha value is -2.53. The first kappa shape index (κ1) is 11.9. The summed E-state index contributed by atoms with van der Waals surface area (Å²) < 4.78 is 5.10. The van der Waals surface area contributed by atoms with Crippen LogP contribution < -0.4 is 4.74 Å². The van der Waals surface area contributed by atoms with E-state index in [4.69, 9.17) is 10.00 Å². The van der Waals surface area contributed by atoms with Crippen LogP contribution in [0.25, 0.3) is 12.2 Å². The van der Waals surface area contributed by atoms with Crippen LogP contribution in [-0.2, 0) is 0 Å². The number of nitrogens with zero attached hydrogens (tertiary/aromatic N) is 1. The number of hydrogen-bond donors (Lipinski definition) is 0. The van der Waals surface area contributed by atoms with Crippen LogP contribution in [0.3, 0.4) is 0 Å². The molecule has 0 unspecified atom stereocenters. The van der Waals surface area contributed by atoms with Crippen LogP contribution in [0.15, 0.2) is 48.5 Å². The van der Waals surface area contributed by atoms with Gasteiger partial charge < -0.3 is 4.74 Å². The van der Waals surface area contributed by atoms with Gasteiger partial charge in [0, 0.05) is 0 Å². The molecule has 0 aliphatic carbocycles. The van der Waals surface area contributed by atoms with E-state index in [1.807, 2.05) is 60.7 Å². The fraction of sp³-hybridized carbons (Fsp3) is 0.0625. The van der Waals surface area contributed by atoms with Crippen molar-refractivity contribution in [1.29, 1.82) is 5.26 Å². The molecule has 0 saturated heterocycles. The summed E-state index contributed by atoms with van der Waals surface area (Å²) in [5, 5.41) is 8.98. The van der Waals surface area contributed by atoms with Crippen molar-refractivity contribution in [2.45, 2.75) is 0 Å². The maximum Gasteiger partial charge on any atom is 0.118 e. The molecular formula is C16H13NO. The SMILES string of the molecule is COc1ccc(/C=C/c2ccccc2C#N)cc1. The van der Waals surface area contributed by atoms with Gasteiger partial charge in [-0.1, -0.05) is 42.5 Å². The molecule has 88 valence electrons. The molecular weight excluding hydrogens is 222 g/mol. The summed E-state index contributed by atoms with van der Waals surface area (Å²) in [4.78, 5) is 0. The predicted molar refractivity (Wildman–Crippen MR) is 73.1 cm³/mol. The molecule has 0 aromatic heterocycles. The van der Waals surface area contributed by atoms with Crippen molar-refractivity contribution in [3.8, 4) is 11.8 Å². The van der Waals surface area contributed by atoms with E-state index >= 15 is 0 Å². The first-order valence-electron chi connectivity index (χ1n) is 5.65. The maximum absolute atomic E-state index is 8.98. The molecule has 0 amide bonds. The minimum Gasteiger partial charge on any atom is -0.497 e. The van der Waals surface area contributed by atoms with Gasteiger partial charge in [-0.3, -0.25) is 0 Å². The third-order valence-corrected chi connectivity index (χ3v) is 2.65. The van der Waals surface area contributed by atoms with Crippen molar-refractivity contribution in [3.05, 3.63) is 65.2 Å². The van der Waals surface area contributed by atoms with Crippen molar-refractivity contribution >= 4 is 12.2 Å². The molecule has 18 heavy (non-hydrogen) atoms. The second-order valence-corrected chi connectivity index (χ2v) is 3.81.